The highest BCUT2D eigenvalue weighted by Crippen LogP contribution is 2.26. The van der Waals surface area contributed by atoms with E-state index in [1.54, 1.807) is 59.1 Å². The number of carboxylic acid groups (broad SMARTS) is 1. The van der Waals surface area contributed by atoms with Crippen molar-refractivity contribution >= 4 is 64.0 Å². The van der Waals surface area contributed by atoms with Crippen LogP contribution in [0.2, 0.25) is 10.0 Å². The fraction of sp³-hybridized carbons (Fsp3) is 0.318. The summed E-state index contributed by atoms with van der Waals surface area (Å²) in [5, 5.41) is 13.7. The minimum absolute atomic E-state index is 0.0790. The van der Waals surface area contributed by atoms with Gasteiger partial charge in [0.1, 0.15) is 18.4 Å². The van der Waals surface area contributed by atoms with E-state index in [9.17, 15) is 14.7 Å². The highest BCUT2D eigenvalue weighted by molar-refractivity contribution is 7.99. The molecule has 0 aliphatic carbocycles. The van der Waals surface area contributed by atoms with Crippen LogP contribution in [0.3, 0.4) is 0 Å². The van der Waals surface area contributed by atoms with Crippen LogP contribution in [0.5, 0.6) is 5.75 Å². The number of hydrogen-bond donors (Lipinski definition) is 2. The molecule has 0 bridgehead atoms. The number of halogens is 2. The van der Waals surface area contributed by atoms with Gasteiger partial charge in [-0.2, -0.15) is 0 Å². The van der Waals surface area contributed by atoms with Gasteiger partial charge in [-0.1, -0.05) is 53.6 Å². The van der Waals surface area contributed by atoms with E-state index in [0.717, 1.165) is 5.56 Å². The summed E-state index contributed by atoms with van der Waals surface area (Å²) >= 11 is 19.3. The third kappa shape index (κ3) is 6.28. The van der Waals surface area contributed by atoms with Gasteiger partial charge in [0.25, 0.3) is 0 Å². The first-order valence-electron chi connectivity index (χ1n) is 9.79. The Balaban J connectivity index is 1.60. The highest BCUT2D eigenvalue weighted by atomic mass is 35.5. The molecule has 32 heavy (non-hydrogen) atoms. The molecule has 2 atom stereocenters. The molecule has 0 radical (unpaired) electrons. The molecule has 1 aliphatic heterocycles. The zero-order valence-electron chi connectivity index (χ0n) is 17.2. The number of nitrogens with one attached hydrogen (secondary N) is 1. The van der Waals surface area contributed by atoms with Crippen molar-refractivity contribution in [3.63, 3.8) is 0 Å². The number of nitrogens with zero attached hydrogens (tertiary/aromatic N) is 1. The molecule has 10 heteroatoms. The number of benzene rings is 2. The van der Waals surface area contributed by atoms with Crippen molar-refractivity contribution < 1.29 is 19.4 Å². The molecule has 0 aromatic heterocycles. The van der Waals surface area contributed by atoms with Crippen LogP contribution >= 0.6 is 47.2 Å². The van der Waals surface area contributed by atoms with Crippen LogP contribution in [-0.4, -0.2) is 50.6 Å². The van der Waals surface area contributed by atoms with Crippen molar-refractivity contribution in [1.29, 1.82) is 0 Å². The third-order valence-corrected chi connectivity index (χ3v) is 7.12. The van der Waals surface area contributed by atoms with Crippen molar-refractivity contribution in [2.24, 2.45) is 0 Å². The molecular formula is C22H22Cl2N2O4S2. The average molecular weight is 513 g/mol. The number of carbonyl (C=O) groups excluding carboxylic acids is 1. The molecule has 2 aromatic carbocycles. The predicted molar refractivity (Wildman–Crippen MR) is 132 cm³/mol. The lowest BCUT2D eigenvalue weighted by Gasteiger charge is -2.26. The first-order chi connectivity index (χ1) is 15.3. The molecule has 3 rings (SSSR count). The Hall–Kier alpha value is -2.00. The first kappa shape index (κ1) is 24.6. The highest BCUT2D eigenvalue weighted by Gasteiger charge is 2.32. The Morgan fingerprint density at radius 1 is 1.25 bits per heavy atom. The van der Waals surface area contributed by atoms with Crippen molar-refractivity contribution in [2.75, 3.05) is 11.6 Å². The van der Waals surface area contributed by atoms with Gasteiger partial charge in [0.15, 0.2) is 0 Å². The molecule has 170 valence electrons. The van der Waals surface area contributed by atoms with Gasteiger partial charge in [-0.3, -0.25) is 4.79 Å². The van der Waals surface area contributed by atoms with Gasteiger partial charge >= 0.3 is 5.97 Å². The molecular weight excluding hydrogens is 491 g/mol. The van der Waals surface area contributed by atoms with Crippen molar-refractivity contribution in [3.8, 4) is 5.75 Å². The van der Waals surface area contributed by atoms with Gasteiger partial charge in [-0.15, -0.1) is 11.8 Å². The zero-order valence-corrected chi connectivity index (χ0v) is 20.4. The first-order valence-corrected chi connectivity index (χ1v) is 12.1. The zero-order chi connectivity index (χ0) is 23.3. The minimum Gasteiger partial charge on any atom is -0.489 e. The standard InChI is InChI=1S/C22H22Cl2N2O4S2/c1-13(27)26-12-32-11-20(26)21(31)25-19(22(28)29)9-14-5-7-15(8-6-14)30-10-16-17(23)3-2-4-18(16)24/h2-8,19-20H,9-12H2,1H3,(H,25,31)(H,28,29). The van der Waals surface area contributed by atoms with Crippen LogP contribution in [0.1, 0.15) is 18.1 Å². The summed E-state index contributed by atoms with van der Waals surface area (Å²) in [5.41, 5.74) is 1.51. The number of hydrogen-bond acceptors (Lipinski definition) is 5. The third-order valence-electron chi connectivity index (χ3n) is 5.01. The monoisotopic (exact) mass is 512 g/mol. The van der Waals surface area contributed by atoms with E-state index in [2.05, 4.69) is 5.32 Å². The fourth-order valence-electron chi connectivity index (χ4n) is 3.22. The molecule has 0 spiro atoms. The summed E-state index contributed by atoms with van der Waals surface area (Å²) in [6, 6.07) is 11.2. The lowest BCUT2D eigenvalue weighted by molar-refractivity contribution is -0.139. The predicted octanol–water partition coefficient (Wildman–Crippen LogP) is 4.41. The second kappa shape index (κ2) is 11.2. The second-order valence-electron chi connectivity index (χ2n) is 7.24. The van der Waals surface area contributed by atoms with Gasteiger partial charge < -0.3 is 20.1 Å². The number of ether oxygens (including phenoxy) is 1. The van der Waals surface area contributed by atoms with Crippen LogP contribution in [0, 0.1) is 0 Å². The van der Waals surface area contributed by atoms with Crippen molar-refractivity contribution in [3.05, 3.63) is 63.6 Å². The molecule has 0 saturated carbocycles. The maximum atomic E-state index is 11.8. The Bertz CT molecular complexity index is 984. The van der Waals surface area contributed by atoms with Gasteiger partial charge in [0.2, 0.25) is 5.91 Å². The number of carbonyl (C=O) groups is 2. The molecule has 1 amide bonds. The molecule has 1 aliphatic rings. The number of aliphatic carboxylic acids is 1. The molecule has 6 nitrogen and oxygen atoms in total. The number of thioether (sulfide) groups is 1. The van der Waals surface area contributed by atoms with Gasteiger partial charge in [-0.25, -0.2) is 4.79 Å². The largest absolute Gasteiger partial charge is 0.489 e. The molecule has 2 N–H and O–H groups in total. The van der Waals surface area contributed by atoms with E-state index >= 15 is 0 Å². The Kier molecular flexibility index (Phi) is 8.64. The lowest BCUT2D eigenvalue weighted by atomic mass is 10.1. The SMILES string of the molecule is CC(=O)N1CSCC1C(=S)NC(Cc1ccc(OCc2c(Cl)cccc2Cl)cc1)C(=O)O. The number of thiocarbonyl (C=S) groups is 1. The van der Waals surface area contributed by atoms with Crippen LogP contribution in [0.4, 0.5) is 0 Å². The maximum absolute atomic E-state index is 11.8. The van der Waals surface area contributed by atoms with E-state index in [-0.39, 0.29) is 25.0 Å². The molecule has 2 aromatic rings. The normalized spacial score (nSPS) is 16.5. The Labute approximate surface area is 206 Å². The van der Waals surface area contributed by atoms with Crippen molar-refractivity contribution in [2.45, 2.75) is 32.0 Å². The molecule has 2 unspecified atom stereocenters. The Morgan fingerprint density at radius 2 is 1.91 bits per heavy atom. The number of rotatable bonds is 8. The fourth-order valence-corrected chi connectivity index (χ4v) is 5.42. The van der Waals surface area contributed by atoms with E-state index in [1.165, 1.54) is 6.92 Å². The minimum atomic E-state index is -1.01. The van der Waals surface area contributed by atoms with E-state index in [0.29, 0.717) is 38.0 Å². The van der Waals surface area contributed by atoms with Crippen molar-refractivity contribution in [1.82, 2.24) is 10.2 Å². The number of carboxylic acids is 1. The van der Waals surface area contributed by atoms with Gasteiger partial charge in [-0.05, 0) is 29.8 Å². The van der Waals surface area contributed by atoms with Crippen LogP contribution < -0.4 is 10.1 Å². The van der Waals surface area contributed by atoms with E-state index < -0.39 is 12.0 Å². The quantitative estimate of drug-likeness (QED) is 0.507. The number of amides is 1. The smallest absolute Gasteiger partial charge is 0.326 e. The molecule has 1 saturated heterocycles. The lowest BCUT2D eigenvalue weighted by Crippen LogP contribution is -2.51. The van der Waals surface area contributed by atoms with E-state index in [1.807, 2.05) is 0 Å². The Morgan fingerprint density at radius 3 is 2.50 bits per heavy atom. The summed E-state index contributed by atoms with van der Waals surface area (Å²) in [6.45, 7) is 1.71. The average Bonchev–Trinajstić information content (AvgIpc) is 3.24. The summed E-state index contributed by atoms with van der Waals surface area (Å²) in [4.78, 5) is 25.6. The van der Waals surface area contributed by atoms with Gasteiger partial charge in [0.05, 0.1) is 16.9 Å². The maximum Gasteiger partial charge on any atom is 0.326 e. The van der Waals surface area contributed by atoms with E-state index in [4.69, 9.17) is 40.2 Å². The topological polar surface area (TPSA) is 78.9 Å². The summed E-state index contributed by atoms with van der Waals surface area (Å²) in [5.74, 6) is 0.727. The van der Waals surface area contributed by atoms with Crippen LogP contribution in [-0.2, 0) is 22.6 Å². The second-order valence-corrected chi connectivity index (χ2v) is 9.49. The summed E-state index contributed by atoms with van der Waals surface area (Å²) < 4.78 is 5.77. The molecule has 1 fully saturated rings. The molecule has 1 heterocycles. The van der Waals surface area contributed by atoms with Gasteiger partial charge in [0, 0.05) is 34.7 Å². The van der Waals surface area contributed by atoms with Crippen LogP contribution in [0.15, 0.2) is 42.5 Å². The van der Waals surface area contributed by atoms with Crippen LogP contribution in [0.25, 0.3) is 0 Å². The summed E-state index contributed by atoms with van der Waals surface area (Å²) in [6.07, 6.45) is 0.228. The summed E-state index contributed by atoms with van der Waals surface area (Å²) in [7, 11) is 0.